The third-order valence-corrected chi connectivity index (χ3v) is 3.79. The molecule has 1 aliphatic heterocycles. The van der Waals surface area contributed by atoms with E-state index in [2.05, 4.69) is 4.98 Å². The lowest BCUT2D eigenvalue weighted by Gasteiger charge is -2.34. The van der Waals surface area contributed by atoms with Gasteiger partial charge in [-0.05, 0) is 24.8 Å². The van der Waals surface area contributed by atoms with Gasteiger partial charge in [0.2, 0.25) is 0 Å². The summed E-state index contributed by atoms with van der Waals surface area (Å²) in [5.74, 6) is -0.734. The lowest BCUT2D eigenvalue weighted by atomic mass is 9.91. The lowest BCUT2D eigenvalue weighted by molar-refractivity contribution is -0.222. The molecule has 1 amide bonds. The molecule has 122 valence electrons. The van der Waals surface area contributed by atoms with Gasteiger partial charge in [-0.25, -0.2) is 0 Å². The molecule has 1 aromatic heterocycles. The number of ether oxygens (including phenoxy) is 1. The Morgan fingerprint density at radius 3 is 2.64 bits per heavy atom. The Labute approximate surface area is 125 Å². The van der Waals surface area contributed by atoms with Crippen molar-refractivity contribution >= 4 is 5.91 Å². The first kappa shape index (κ1) is 16.5. The summed E-state index contributed by atoms with van der Waals surface area (Å²) in [6.07, 6.45) is -5.30. The molecule has 0 aromatic carbocycles. The van der Waals surface area contributed by atoms with E-state index in [1.54, 1.807) is 6.07 Å². The number of amides is 1. The van der Waals surface area contributed by atoms with Crippen LogP contribution in [0.1, 0.15) is 23.3 Å². The Bertz CT molecular complexity index is 528. The molecule has 2 heterocycles. The summed E-state index contributed by atoms with van der Waals surface area (Å²) in [4.78, 5) is 17.7. The first-order valence-electron chi connectivity index (χ1n) is 6.87. The maximum Gasteiger partial charge on any atom is 0.414 e. The molecule has 1 unspecified atom stereocenters. The molecule has 2 rings (SSSR count). The zero-order chi connectivity index (χ0) is 16.3. The standard InChI is InChI=1S/C14H17F3N2O3/c1-22-10-2-5-18-11(8-10)13(21)19-6-3-9(4-7-19)12(20)14(15,16)17/h2,5,8-9,12,20H,3-4,6-7H2,1H3. The molecule has 8 heteroatoms. The van der Waals surface area contributed by atoms with Crippen LogP contribution in [0.5, 0.6) is 5.75 Å². The third kappa shape index (κ3) is 3.68. The topological polar surface area (TPSA) is 62.7 Å². The predicted octanol–water partition coefficient (Wildman–Crippen LogP) is 1.87. The van der Waals surface area contributed by atoms with Crippen molar-refractivity contribution in [2.75, 3.05) is 20.2 Å². The number of carbonyl (C=O) groups excluding carboxylic acids is 1. The number of halogens is 3. The highest BCUT2D eigenvalue weighted by molar-refractivity contribution is 5.92. The van der Waals surface area contributed by atoms with Crippen LogP contribution in [0, 0.1) is 5.92 Å². The van der Waals surface area contributed by atoms with Gasteiger partial charge in [-0.3, -0.25) is 9.78 Å². The summed E-state index contributed by atoms with van der Waals surface area (Å²) in [6, 6.07) is 3.09. The Hall–Kier alpha value is -1.83. The van der Waals surface area contributed by atoms with Crippen LogP contribution in [0.3, 0.4) is 0 Å². The van der Waals surface area contributed by atoms with E-state index in [9.17, 15) is 23.1 Å². The zero-order valence-electron chi connectivity index (χ0n) is 12.0. The van der Waals surface area contributed by atoms with Crippen molar-refractivity contribution < 1.29 is 27.8 Å². The van der Waals surface area contributed by atoms with Gasteiger partial charge in [-0.1, -0.05) is 0 Å². The smallest absolute Gasteiger partial charge is 0.414 e. The second-order valence-corrected chi connectivity index (χ2v) is 5.20. The number of hydrogen-bond donors (Lipinski definition) is 1. The molecule has 0 radical (unpaired) electrons. The molecule has 1 N–H and O–H groups in total. The van der Waals surface area contributed by atoms with E-state index in [-0.39, 0.29) is 37.5 Å². The molecule has 1 aromatic rings. The number of likely N-dealkylation sites (tertiary alicyclic amines) is 1. The fourth-order valence-corrected chi connectivity index (χ4v) is 2.50. The molecule has 1 saturated heterocycles. The SMILES string of the molecule is COc1ccnc(C(=O)N2CCC(C(O)C(F)(F)F)CC2)c1. The Balaban J connectivity index is 1.98. The van der Waals surface area contributed by atoms with Gasteiger partial charge in [-0.2, -0.15) is 13.2 Å². The van der Waals surface area contributed by atoms with Crippen LogP contribution in [0.15, 0.2) is 18.3 Å². The Morgan fingerprint density at radius 1 is 1.45 bits per heavy atom. The number of piperidine rings is 1. The van der Waals surface area contributed by atoms with Crippen molar-refractivity contribution in [3.8, 4) is 5.75 Å². The second kappa shape index (κ2) is 6.51. The molecule has 0 aliphatic carbocycles. The number of aliphatic hydroxyl groups excluding tert-OH is 1. The minimum Gasteiger partial charge on any atom is -0.497 e. The normalized spacial score (nSPS) is 18.1. The number of aliphatic hydroxyl groups is 1. The maximum absolute atomic E-state index is 12.5. The quantitative estimate of drug-likeness (QED) is 0.924. The summed E-state index contributed by atoms with van der Waals surface area (Å²) in [7, 11) is 1.47. The zero-order valence-corrected chi connectivity index (χ0v) is 12.0. The van der Waals surface area contributed by atoms with E-state index in [4.69, 9.17) is 4.74 Å². The molecule has 22 heavy (non-hydrogen) atoms. The fourth-order valence-electron chi connectivity index (χ4n) is 2.50. The van der Waals surface area contributed by atoms with Crippen LogP contribution >= 0.6 is 0 Å². The van der Waals surface area contributed by atoms with Gasteiger partial charge in [0.05, 0.1) is 7.11 Å². The first-order valence-corrected chi connectivity index (χ1v) is 6.87. The van der Waals surface area contributed by atoms with Crippen molar-refractivity contribution in [2.45, 2.75) is 25.1 Å². The maximum atomic E-state index is 12.5. The summed E-state index contributed by atoms with van der Waals surface area (Å²) < 4.78 is 42.5. The van der Waals surface area contributed by atoms with E-state index >= 15 is 0 Å². The Kier molecular flexibility index (Phi) is 4.90. The van der Waals surface area contributed by atoms with E-state index in [1.807, 2.05) is 0 Å². The molecular formula is C14H17F3N2O3. The molecule has 0 saturated carbocycles. The molecule has 1 aliphatic rings. The van der Waals surface area contributed by atoms with Crippen molar-refractivity contribution in [3.05, 3.63) is 24.0 Å². The highest BCUT2D eigenvalue weighted by Crippen LogP contribution is 2.31. The van der Waals surface area contributed by atoms with Gasteiger partial charge in [0.1, 0.15) is 11.4 Å². The fraction of sp³-hybridized carbons (Fsp3) is 0.571. The highest BCUT2D eigenvalue weighted by Gasteiger charge is 2.44. The van der Waals surface area contributed by atoms with Gasteiger partial charge >= 0.3 is 6.18 Å². The average Bonchev–Trinajstić information content (AvgIpc) is 2.53. The van der Waals surface area contributed by atoms with Crippen molar-refractivity contribution in [1.82, 2.24) is 9.88 Å². The summed E-state index contributed by atoms with van der Waals surface area (Å²) in [5.41, 5.74) is 0.189. The number of nitrogens with zero attached hydrogens (tertiary/aromatic N) is 2. The minimum atomic E-state index is -4.62. The number of pyridine rings is 1. The van der Waals surface area contributed by atoms with Crippen molar-refractivity contribution in [3.63, 3.8) is 0 Å². The van der Waals surface area contributed by atoms with Gasteiger partial charge in [0.15, 0.2) is 6.10 Å². The molecule has 0 spiro atoms. The Morgan fingerprint density at radius 2 is 2.09 bits per heavy atom. The van der Waals surface area contributed by atoms with Crippen LogP contribution in [-0.4, -0.2) is 53.4 Å². The van der Waals surface area contributed by atoms with Gasteiger partial charge < -0.3 is 14.7 Å². The molecule has 5 nitrogen and oxygen atoms in total. The van der Waals surface area contributed by atoms with Gasteiger partial charge in [0.25, 0.3) is 5.91 Å². The summed E-state index contributed by atoms with van der Waals surface area (Å²) in [6.45, 7) is 0.324. The monoisotopic (exact) mass is 318 g/mol. The molecule has 1 fully saturated rings. The number of carbonyl (C=O) groups is 1. The molecular weight excluding hydrogens is 301 g/mol. The van der Waals surface area contributed by atoms with Crippen LogP contribution in [-0.2, 0) is 0 Å². The number of methoxy groups -OCH3 is 1. The van der Waals surface area contributed by atoms with Crippen LogP contribution in [0.25, 0.3) is 0 Å². The van der Waals surface area contributed by atoms with E-state index in [1.165, 1.54) is 24.3 Å². The average molecular weight is 318 g/mol. The van der Waals surface area contributed by atoms with Crippen LogP contribution in [0.4, 0.5) is 13.2 Å². The van der Waals surface area contributed by atoms with Gasteiger partial charge in [0, 0.05) is 25.4 Å². The second-order valence-electron chi connectivity index (χ2n) is 5.20. The highest BCUT2D eigenvalue weighted by atomic mass is 19.4. The number of alkyl halides is 3. The van der Waals surface area contributed by atoms with Crippen LogP contribution in [0.2, 0.25) is 0 Å². The number of aromatic nitrogens is 1. The predicted molar refractivity (Wildman–Crippen MR) is 71.5 cm³/mol. The van der Waals surface area contributed by atoms with Crippen LogP contribution < -0.4 is 4.74 Å². The van der Waals surface area contributed by atoms with E-state index in [0.29, 0.717) is 5.75 Å². The third-order valence-electron chi connectivity index (χ3n) is 3.79. The van der Waals surface area contributed by atoms with E-state index < -0.39 is 18.2 Å². The van der Waals surface area contributed by atoms with Crippen molar-refractivity contribution in [2.24, 2.45) is 5.92 Å². The van der Waals surface area contributed by atoms with E-state index in [0.717, 1.165) is 0 Å². The largest absolute Gasteiger partial charge is 0.497 e. The lowest BCUT2D eigenvalue weighted by Crippen LogP contribution is -2.45. The summed E-state index contributed by atoms with van der Waals surface area (Å²) >= 11 is 0. The first-order chi connectivity index (χ1) is 10.3. The number of hydrogen-bond acceptors (Lipinski definition) is 4. The summed E-state index contributed by atoms with van der Waals surface area (Å²) in [5, 5.41) is 9.26. The molecule has 0 bridgehead atoms. The minimum absolute atomic E-state index is 0.108. The van der Waals surface area contributed by atoms with Gasteiger partial charge in [-0.15, -0.1) is 0 Å². The van der Waals surface area contributed by atoms with Crippen molar-refractivity contribution in [1.29, 1.82) is 0 Å². The number of rotatable bonds is 3. The molecule has 1 atom stereocenters.